The molecule has 2 atom stereocenters. The third kappa shape index (κ3) is 1.63. The van der Waals surface area contributed by atoms with Crippen molar-refractivity contribution in [2.45, 2.75) is 24.9 Å². The summed E-state index contributed by atoms with van der Waals surface area (Å²) >= 11 is 0. The van der Waals surface area contributed by atoms with E-state index in [1.54, 1.807) is 0 Å². The first-order chi connectivity index (χ1) is 5.52. The van der Waals surface area contributed by atoms with E-state index < -0.39 is 24.6 Å². The molecule has 1 saturated heterocycles. The van der Waals surface area contributed by atoms with Gasteiger partial charge in [-0.15, -0.1) is 0 Å². The van der Waals surface area contributed by atoms with Crippen LogP contribution in [-0.4, -0.2) is 41.2 Å². The van der Waals surface area contributed by atoms with Gasteiger partial charge in [-0.25, -0.2) is 13.6 Å². The Balaban J connectivity index is 2.65. The topological polar surface area (TPSA) is 66.6 Å². The monoisotopic (exact) mass is 180 g/mol. The Morgan fingerprint density at radius 2 is 2.25 bits per heavy atom. The number of nitrogens with two attached hydrogens (primary N) is 1. The van der Waals surface area contributed by atoms with Gasteiger partial charge in [0.25, 0.3) is 6.43 Å². The number of carbonyl (C=O) groups is 1. The molecule has 12 heavy (non-hydrogen) atoms. The molecule has 0 aromatic rings. The molecule has 0 radical (unpaired) electrons. The molecule has 1 rings (SSSR count). The molecule has 1 amide bonds. The summed E-state index contributed by atoms with van der Waals surface area (Å²) < 4.78 is 24.3. The van der Waals surface area contributed by atoms with Crippen LogP contribution in [-0.2, 0) is 0 Å². The van der Waals surface area contributed by atoms with Crippen molar-refractivity contribution in [3.63, 3.8) is 0 Å². The maximum absolute atomic E-state index is 12.2. The number of hydrogen-bond donors (Lipinski definition) is 2. The van der Waals surface area contributed by atoms with Crippen LogP contribution in [0.1, 0.15) is 6.42 Å². The standard InChI is InChI=1S/C6H10F2N2O2/c7-5(8)4-1-3(9)2-10(4)6(11)12/h3-5H,1-2,9H2,(H,11,12)/t3-,4+/m1/s1. The molecular formula is C6H10F2N2O2. The SMILES string of the molecule is N[C@@H]1C[C@@H](C(F)F)N(C(=O)O)C1. The highest BCUT2D eigenvalue weighted by Gasteiger charge is 2.38. The molecule has 0 aromatic carbocycles. The van der Waals surface area contributed by atoms with E-state index in [9.17, 15) is 13.6 Å². The minimum atomic E-state index is -2.64. The predicted octanol–water partition coefficient (Wildman–Crippen LogP) is 0.331. The minimum Gasteiger partial charge on any atom is -0.465 e. The van der Waals surface area contributed by atoms with E-state index in [-0.39, 0.29) is 13.0 Å². The lowest BCUT2D eigenvalue weighted by atomic mass is 10.2. The Labute approximate surface area is 67.9 Å². The Morgan fingerprint density at radius 1 is 1.67 bits per heavy atom. The fourth-order valence-electron chi connectivity index (χ4n) is 1.36. The average molecular weight is 180 g/mol. The lowest BCUT2D eigenvalue weighted by Crippen LogP contribution is -2.39. The van der Waals surface area contributed by atoms with Crippen molar-refractivity contribution in [2.24, 2.45) is 5.73 Å². The predicted molar refractivity (Wildman–Crippen MR) is 37.1 cm³/mol. The molecule has 6 heteroatoms. The van der Waals surface area contributed by atoms with Crippen LogP contribution >= 0.6 is 0 Å². The second kappa shape index (κ2) is 3.22. The first kappa shape index (κ1) is 9.18. The van der Waals surface area contributed by atoms with E-state index in [0.29, 0.717) is 4.90 Å². The summed E-state index contributed by atoms with van der Waals surface area (Å²) in [7, 11) is 0. The molecule has 0 bridgehead atoms. The highest BCUT2D eigenvalue weighted by atomic mass is 19.3. The van der Waals surface area contributed by atoms with Gasteiger partial charge < -0.3 is 10.8 Å². The summed E-state index contributed by atoms with van der Waals surface area (Å²) in [5.74, 6) is 0. The highest BCUT2D eigenvalue weighted by Crippen LogP contribution is 2.22. The van der Waals surface area contributed by atoms with Crippen LogP contribution in [0.2, 0.25) is 0 Å². The number of halogens is 2. The van der Waals surface area contributed by atoms with Gasteiger partial charge in [0.05, 0.1) is 6.04 Å². The molecule has 1 aliphatic rings. The van der Waals surface area contributed by atoms with Crippen molar-refractivity contribution in [1.82, 2.24) is 4.90 Å². The minimum absolute atomic E-state index is 0.00431. The highest BCUT2D eigenvalue weighted by molar-refractivity contribution is 5.66. The largest absolute Gasteiger partial charge is 0.465 e. The van der Waals surface area contributed by atoms with Crippen molar-refractivity contribution in [3.05, 3.63) is 0 Å². The molecule has 1 fully saturated rings. The van der Waals surface area contributed by atoms with E-state index in [4.69, 9.17) is 10.8 Å². The molecule has 0 aliphatic carbocycles. The normalized spacial score (nSPS) is 29.8. The Bertz CT molecular complexity index is 188. The molecule has 4 nitrogen and oxygen atoms in total. The van der Waals surface area contributed by atoms with E-state index in [1.165, 1.54) is 0 Å². The lowest BCUT2D eigenvalue weighted by molar-refractivity contribution is 0.0470. The fourth-order valence-corrected chi connectivity index (χ4v) is 1.36. The zero-order valence-electron chi connectivity index (χ0n) is 6.28. The van der Waals surface area contributed by atoms with Gasteiger partial charge in [-0.2, -0.15) is 0 Å². The fraction of sp³-hybridized carbons (Fsp3) is 0.833. The third-order valence-electron chi connectivity index (χ3n) is 1.91. The number of hydrogen-bond acceptors (Lipinski definition) is 2. The van der Waals surface area contributed by atoms with Gasteiger partial charge in [-0.05, 0) is 6.42 Å². The van der Waals surface area contributed by atoms with Gasteiger partial charge in [0.2, 0.25) is 0 Å². The zero-order valence-corrected chi connectivity index (χ0v) is 6.28. The van der Waals surface area contributed by atoms with E-state index in [0.717, 1.165) is 0 Å². The molecule has 0 unspecified atom stereocenters. The van der Waals surface area contributed by atoms with Gasteiger partial charge in [-0.1, -0.05) is 0 Å². The first-order valence-corrected chi connectivity index (χ1v) is 3.55. The first-order valence-electron chi connectivity index (χ1n) is 3.55. The van der Waals surface area contributed by atoms with Crippen molar-refractivity contribution < 1.29 is 18.7 Å². The van der Waals surface area contributed by atoms with Crippen LogP contribution in [0.4, 0.5) is 13.6 Å². The van der Waals surface area contributed by atoms with Gasteiger partial charge in [0.1, 0.15) is 0 Å². The van der Waals surface area contributed by atoms with Gasteiger partial charge in [0.15, 0.2) is 0 Å². The summed E-state index contributed by atoms with van der Waals surface area (Å²) in [5.41, 5.74) is 5.35. The van der Waals surface area contributed by atoms with Crippen LogP contribution in [0.5, 0.6) is 0 Å². The second-order valence-corrected chi connectivity index (χ2v) is 2.83. The van der Waals surface area contributed by atoms with Gasteiger partial charge >= 0.3 is 6.09 Å². The summed E-state index contributed by atoms with van der Waals surface area (Å²) in [6.07, 6.45) is -3.92. The third-order valence-corrected chi connectivity index (χ3v) is 1.91. The molecule has 0 saturated carbocycles. The Hall–Kier alpha value is -0.910. The number of rotatable bonds is 1. The van der Waals surface area contributed by atoms with Crippen molar-refractivity contribution >= 4 is 6.09 Å². The number of likely N-dealkylation sites (tertiary alicyclic amines) is 1. The maximum atomic E-state index is 12.2. The Kier molecular flexibility index (Phi) is 2.46. The zero-order chi connectivity index (χ0) is 9.30. The van der Waals surface area contributed by atoms with Crippen LogP contribution in [0.3, 0.4) is 0 Å². The smallest absolute Gasteiger partial charge is 0.407 e. The number of amides is 1. The molecule has 0 aromatic heterocycles. The summed E-state index contributed by atoms with van der Waals surface area (Å²) in [6, 6.07) is -1.68. The number of carboxylic acid groups (broad SMARTS) is 1. The molecule has 3 N–H and O–H groups in total. The summed E-state index contributed by atoms with van der Waals surface area (Å²) in [5, 5.41) is 8.49. The second-order valence-electron chi connectivity index (χ2n) is 2.83. The molecule has 1 aliphatic heterocycles. The van der Waals surface area contributed by atoms with Crippen molar-refractivity contribution in [1.29, 1.82) is 0 Å². The van der Waals surface area contributed by atoms with Gasteiger partial charge in [0, 0.05) is 12.6 Å². The molecular weight excluding hydrogens is 170 g/mol. The van der Waals surface area contributed by atoms with Crippen LogP contribution < -0.4 is 5.73 Å². The van der Waals surface area contributed by atoms with Crippen LogP contribution in [0, 0.1) is 0 Å². The molecule has 70 valence electrons. The van der Waals surface area contributed by atoms with Crippen molar-refractivity contribution in [3.8, 4) is 0 Å². The molecule has 0 spiro atoms. The average Bonchev–Trinajstić information content (AvgIpc) is 2.31. The van der Waals surface area contributed by atoms with E-state index >= 15 is 0 Å². The van der Waals surface area contributed by atoms with Gasteiger partial charge in [-0.3, -0.25) is 4.90 Å². The van der Waals surface area contributed by atoms with Crippen LogP contribution in [0.25, 0.3) is 0 Å². The summed E-state index contributed by atoms with van der Waals surface area (Å²) in [6.45, 7) is 0.00431. The number of nitrogens with zero attached hydrogens (tertiary/aromatic N) is 1. The number of alkyl halides is 2. The van der Waals surface area contributed by atoms with Crippen molar-refractivity contribution in [2.75, 3.05) is 6.54 Å². The quantitative estimate of drug-likeness (QED) is 0.611. The van der Waals surface area contributed by atoms with E-state index in [2.05, 4.69) is 0 Å². The van der Waals surface area contributed by atoms with E-state index in [1.807, 2.05) is 0 Å². The molecule has 1 heterocycles. The Morgan fingerprint density at radius 3 is 2.58 bits per heavy atom. The lowest BCUT2D eigenvalue weighted by Gasteiger charge is -2.19. The maximum Gasteiger partial charge on any atom is 0.407 e. The van der Waals surface area contributed by atoms with Crippen LogP contribution in [0.15, 0.2) is 0 Å². The summed E-state index contributed by atoms with van der Waals surface area (Å²) in [4.78, 5) is 11.1.